The highest BCUT2D eigenvalue weighted by Gasteiger charge is 2.22. The van der Waals surface area contributed by atoms with Crippen molar-refractivity contribution in [1.29, 1.82) is 0 Å². The zero-order chi connectivity index (χ0) is 18.7. The number of nitrogens with two attached hydrogens (primary N) is 1. The average Bonchev–Trinajstić information content (AvgIpc) is 2.94. The third-order valence-electron chi connectivity index (χ3n) is 3.49. The molecular formula is C13H21N5O4S3. The first-order valence-corrected chi connectivity index (χ1v) is 11.8. The van der Waals surface area contributed by atoms with E-state index in [0.29, 0.717) is 36.1 Å². The van der Waals surface area contributed by atoms with Crippen molar-refractivity contribution in [1.82, 2.24) is 18.9 Å². The summed E-state index contributed by atoms with van der Waals surface area (Å²) in [6.45, 7) is 4.33. The Bertz CT molecular complexity index is 936. The van der Waals surface area contributed by atoms with Crippen molar-refractivity contribution >= 4 is 37.5 Å². The number of hydrogen-bond acceptors (Lipinski definition) is 7. The molecular weight excluding hydrogens is 386 g/mol. The summed E-state index contributed by atoms with van der Waals surface area (Å²) in [4.78, 5) is 0.162. The molecule has 2 aromatic heterocycles. The van der Waals surface area contributed by atoms with Crippen LogP contribution in [0.2, 0.25) is 0 Å². The Balaban J connectivity index is 2.24. The van der Waals surface area contributed by atoms with Gasteiger partial charge in [-0.15, -0.1) is 10.2 Å². The lowest BCUT2D eigenvalue weighted by molar-refractivity contribution is 0.445. The highest BCUT2D eigenvalue weighted by molar-refractivity contribution is 7.99. The number of aromatic nitrogens is 3. The van der Waals surface area contributed by atoms with Gasteiger partial charge in [0.2, 0.25) is 20.0 Å². The lowest BCUT2D eigenvalue weighted by Crippen LogP contribution is -2.30. The predicted octanol–water partition coefficient (Wildman–Crippen LogP) is 0.531. The standard InChI is InChI=1S/C13H21N5O4S3/c1-3-17(4-2)25(21,22)11-6-7-12-15-16-13(18(12)10-11)23-8-5-9-24(14,19)20/h6-7,10H,3-5,8-9H2,1-2H3,(H2,14,19,20). The first kappa shape index (κ1) is 20.1. The first-order chi connectivity index (χ1) is 11.7. The van der Waals surface area contributed by atoms with Gasteiger partial charge in [-0.3, -0.25) is 4.40 Å². The van der Waals surface area contributed by atoms with E-state index in [0.717, 1.165) is 0 Å². The second-order valence-electron chi connectivity index (χ2n) is 5.23. The average molecular weight is 408 g/mol. The van der Waals surface area contributed by atoms with Crippen LogP contribution < -0.4 is 5.14 Å². The summed E-state index contributed by atoms with van der Waals surface area (Å²) in [6, 6.07) is 3.10. The Morgan fingerprint density at radius 3 is 2.44 bits per heavy atom. The van der Waals surface area contributed by atoms with Crippen molar-refractivity contribution in [3.8, 4) is 0 Å². The van der Waals surface area contributed by atoms with Crippen molar-refractivity contribution in [3.63, 3.8) is 0 Å². The summed E-state index contributed by atoms with van der Waals surface area (Å²) in [7, 11) is -7.07. The van der Waals surface area contributed by atoms with Gasteiger partial charge < -0.3 is 0 Å². The second-order valence-corrected chi connectivity index (χ2v) is 9.97. The van der Waals surface area contributed by atoms with Crippen LogP contribution in [0, 0.1) is 0 Å². The lowest BCUT2D eigenvalue weighted by atomic mass is 10.5. The highest BCUT2D eigenvalue weighted by atomic mass is 32.2. The van der Waals surface area contributed by atoms with Gasteiger partial charge >= 0.3 is 0 Å². The molecule has 0 saturated carbocycles. The summed E-state index contributed by atoms with van der Waals surface area (Å²) in [5.41, 5.74) is 0.521. The SMILES string of the molecule is CCN(CC)S(=O)(=O)c1ccc2nnc(SCCCS(N)(=O)=O)n2c1. The van der Waals surface area contributed by atoms with Gasteiger partial charge in [0, 0.05) is 25.0 Å². The van der Waals surface area contributed by atoms with Gasteiger partial charge in [-0.05, 0) is 18.6 Å². The molecule has 0 aliphatic carbocycles. The number of pyridine rings is 1. The molecule has 0 aliphatic heterocycles. The molecule has 2 N–H and O–H groups in total. The van der Waals surface area contributed by atoms with Gasteiger partial charge in [0.1, 0.15) is 0 Å². The van der Waals surface area contributed by atoms with E-state index in [-0.39, 0.29) is 10.6 Å². The van der Waals surface area contributed by atoms with Crippen LogP contribution >= 0.6 is 11.8 Å². The first-order valence-electron chi connectivity index (χ1n) is 7.67. The normalized spacial score (nSPS) is 13.0. The quantitative estimate of drug-likeness (QED) is 0.474. The summed E-state index contributed by atoms with van der Waals surface area (Å²) in [5.74, 6) is 0.364. The Morgan fingerprint density at radius 2 is 1.84 bits per heavy atom. The fraction of sp³-hybridized carbons (Fsp3) is 0.538. The monoisotopic (exact) mass is 407 g/mol. The summed E-state index contributed by atoms with van der Waals surface area (Å²) in [6.07, 6.45) is 1.86. The van der Waals surface area contributed by atoms with Gasteiger partial charge in [-0.1, -0.05) is 25.6 Å². The van der Waals surface area contributed by atoms with Crippen LogP contribution in [0.5, 0.6) is 0 Å². The Morgan fingerprint density at radius 1 is 1.16 bits per heavy atom. The zero-order valence-corrected chi connectivity index (χ0v) is 16.4. The molecule has 25 heavy (non-hydrogen) atoms. The fourth-order valence-electron chi connectivity index (χ4n) is 2.24. The van der Waals surface area contributed by atoms with Gasteiger partial charge in [0.25, 0.3) is 0 Å². The molecule has 0 unspecified atom stereocenters. The molecule has 0 bridgehead atoms. The maximum atomic E-state index is 12.6. The molecule has 0 aliphatic rings. The maximum Gasteiger partial charge on any atom is 0.244 e. The van der Waals surface area contributed by atoms with Crippen LogP contribution in [0.25, 0.3) is 5.65 Å². The molecule has 140 valence electrons. The molecule has 12 heteroatoms. The van der Waals surface area contributed by atoms with Crippen LogP contribution in [-0.2, 0) is 20.0 Å². The number of rotatable bonds is 9. The lowest BCUT2D eigenvalue weighted by Gasteiger charge is -2.18. The Kier molecular flexibility index (Phi) is 6.43. The van der Waals surface area contributed by atoms with Crippen molar-refractivity contribution in [3.05, 3.63) is 18.3 Å². The summed E-state index contributed by atoms with van der Waals surface area (Å²) >= 11 is 1.30. The number of sulfonamides is 2. The molecule has 2 heterocycles. The topological polar surface area (TPSA) is 128 Å². The number of primary sulfonamides is 1. The maximum absolute atomic E-state index is 12.6. The van der Waals surface area contributed by atoms with Crippen molar-refractivity contribution in [2.45, 2.75) is 30.3 Å². The molecule has 0 amide bonds. The molecule has 0 radical (unpaired) electrons. The van der Waals surface area contributed by atoms with Crippen LogP contribution in [0.4, 0.5) is 0 Å². The minimum atomic E-state index is -3.58. The Labute approximate surface area is 151 Å². The van der Waals surface area contributed by atoms with Crippen LogP contribution in [0.1, 0.15) is 20.3 Å². The molecule has 2 rings (SSSR count). The van der Waals surface area contributed by atoms with Gasteiger partial charge in [0.05, 0.1) is 10.6 Å². The third-order valence-corrected chi connectivity index (χ3v) is 7.41. The zero-order valence-electron chi connectivity index (χ0n) is 14.0. The molecule has 2 aromatic rings. The number of hydrogen-bond donors (Lipinski definition) is 1. The van der Waals surface area contributed by atoms with Crippen LogP contribution in [0.3, 0.4) is 0 Å². The largest absolute Gasteiger partial charge is 0.276 e. The predicted molar refractivity (Wildman–Crippen MR) is 96.4 cm³/mol. The summed E-state index contributed by atoms with van der Waals surface area (Å²) < 4.78 is 50.1. The molecule has 9 nitrogen and oxygen atoms in total. The van der Waals surface area contributed by atoms with Crippen molar-refractivity contribution < 1.29 is 16.8 Å². The van der Waals surface area contributed by atoms with E-state index in [4.69, 9.17) is 5.14 Å². The number of nitrogens with zero attached hydrogens (tertiary/aromatic N) is 4. The highest BCUT2D eigenvalue weighted by Crippen LogP contribution is 2.21. The second kappa shape index (κ2) is 7.99. The van der Waals surface area contributed by atoms with E-state index < -0.39 is 20.0 Å². The third kappa shape index (κ3) is 4.91. The van der Waals surface area contributed by atoms with E-state index in [1.165, 1.54) is 28.3 Å². The molecule has 0 fully saturated rings. The van der Waals surface area contributed by atoms with E-state index in [2.05, 4.69) is 10.2 Å². The van der Waals surface area contributed by atoms with E-state index >= 15 is 0 Å². The Hall–Kier alpha value is -1.21. The van der Waals surface area contributed by atoms with E-state index in [9.17, 15) is 16.8 Å². The van der Waals surface area contributed by atoms with Gasteiger partial charge in [-0.25, -0.2) is 22.0 Å². The molecule has 0 aromatic carbocycles. The number of thioether (sulfide) groups is 1. The van der Waals surface area contributed by atoms with E-state index in [1.807, 2.05) is 0 Å². The van der Waals surface area contributed by atoms with Crippen LogP contribution in [-0.4, -0.2) is 60.3 Å². The minimum Gasteiger partial charge on any atom is -0.276 e. The van der Waals surface area contributed by atoms with Crippen molar-refractivity contribution in [2.75, 3.05) is 24.6 Å². The molecule has 0 atom stereocenters. The smallest absolute Gasteiger partial charge is 0.244 e. The molecule has 0 saturated heterocycles. The minimum absolute atomic E-state index is 0.113. The summed E-state index contributed by atoms with van der Waals surface area (Å²) in [5, 5.41) is 13.5. The fourth-order valence-corrected chi connectivity index (χ4v) is 5.28. The van der Waals surface area contributed by atoms with Crippen LogP contribution in [0.15, 0.2) is 28.4 Å². The van der Waals surface area contributed by atoms with E-state index in [1.54, 1.807) is 24.3 Å². The van der Waals surface area contributed by atoms with Gasteiger partial charge in [-0.2, -0.15) is 4.31 Å². The van der Waals surface area contributed by atoms with Gasteiger partial charge in [0.15, 0.2) is 10.8 Å². The number of fused-ring (bicyclic) bond motifs is 1. The molecule has 0 spiro atoms. The van der Waals surface area contributed by atoms with Crippen molar-refractivity contribution in [2.24, 2.45) is 5.14 Å².